The van der Waals surface area contributed by atoms with Crippen molar-refractivity contribution in [1.82, 2.24) is 9.55 Å². The third kappa shape index (κ3) is 2.28. The summed E-state index contributed by atoms with van der Waals surface area (Å²) >= 11 is 0. The molecule has 0 amide bonds. The highest BCUT2D eigenvalue weighted by Gasteiger charge is 2.19. The van der Waals surface area contributed by atoms with E-state index >= 15 is 0 Å². The molecule has 0 atom stereocenters. The Morgan fingerprint density at radius 2 is 1.85 bits per heavy atom. The fourth-order valence-corrected chi connectivity index (χ4v) is 3.31. The van der Waals surface area contributed by atoms with Gasteiger partial charge in [0.15, 0.2) is 5.82 Å². The number of piperidine rings is 1. The second kappa shape index (κ2) is 6.04. The fourth-order valence-electron chi connectivity index (χ4n) is 3.31. The number of rotatable bonds is 2. The number of fused-ring (bicyclic) bond motifs is 1. The molecule has 1 aliphatic rings. The van der Waals surface area contributed by atoms with Gasteiger partial charge in [-0.15, -0.1) is 12.4 Å². The summed E-state index contributed by atoms with van der Waals surface area (Å²) in [6.45, 7) is 9.99. The standard InChI is InChI=1S/C16H23N3.ClH/c1-4-19-13(3)12(2)14-8-9-17-16(15(14)19)18-10-6-5-7-11-18;/h8-9H,4-7,10-11H2,1-3H3;1H. The highest BCUT2D eigenvalue weighted by atomic mass is 35.5. The quantitative estimate of drug-likeness (QED) is 0.832. The smallest absolute Gasteiger partial charge is 0.153 e. The molecule has 4 heteroatoms. The van der Waals surface area contributed by atoms with Crippen molar-refractivity contribution in [1.29, 1.82) is 0 Å². The molecule has 0 saturated carbocycles. The van der Waals surface area contributed by atoms with Crippen molar-refractivity contribution in [3.05, 3.63) is 23.5 Å². The van der Waals surface area contributed by atoms with Gasteiger partial charge in [0.25, 0.3) is 0 Å². The summed E-state index contributed by atoms with van der Waals surface area (Å²) in [5.74, 6) is 1.19. The Labute approximate surface area is 127 Å². The van der Waals surface area contributed by atoms with Crippen LogP contribution in [-0.4, -0.2) is 22.6 Å². The van der Waals surface area contributed by atoms with Crippen LogP contribution in [0, 0.1) is 13.8 Å². The van der Waals surface area contributed by atoms with E-state index in [9.17, 15) is 0 Å². The average molecular weight is 294 g/mol. The summed E-state index contributed by atoms with van der Waals surface area (Å²) in [5, 5.41) is 1.37. The van der Waals surface area contributed by atoms with E-state index in [1.54, 1.807) is 0 Å². The van der Waals surface area contributed by atoms with Crippen molar-refractivity contribution in [3.63, 3.8) is 0 Å². The highest BCUT2D eigenvalue weighted by Crippen LogP contribution is 2.32. The van der Waals surface area contributed by atoms with Gasteiger partial charge in [0.2, 0.25) is 0 Å². The van der Waals surface area contributed by atoms with E-state index in [4.69, 9.17) is 4.98 Å². The third-order valence-corrected chi connectivity index (χ3v) is 4.50. The number of hydrogen-bond acceptors (Lipinski definition) is 2. The Balaban J connectivity index is 0.00000147. The Morgan fingerprint density at radius 1 is 1.15 bits per heavy atom. The van der Waals surface area contributed by atoms with Crippen LogP contribution in [0.2, 0.25) is 0 Å². The zero-order chi connectivity index (χ0) is 13.4. The minimum Gasteiger partial charge on any atom is -0.355 e. The predicted octanol–water partition coefficient (Wildman–Crippen LogP) is 4.09. The lowest BCUT2D eigenvalue weighted by Crippen LogP contribution is -2.30. The molecule has 1 fully saturated rings. The molecule has 1 aliphatic heterocycles. The maximum atomic E-state index is 4.70. The molecule has 0 N–H and O–H groups in total. The molecular formula is C16H24ClN3. The number of pyridine rings is 1. The van der Waals surface area contributed by atoms with E-state index in [-0.39, 0.29) is 12.4 Å². The molecule has 0 aliphatic carbocycles. The van der Waals surface area contributed by atoms with E-state index in [2.05, 4.69) is 36.3 Å². The highest BCUT2D eigenvalue weighted by molar-refractivity contribution is 5.93. The summed E-state index contributed by atoms with van der Waals surface area (Å²) < 4.78 is 2.42. The number of hydrogen-bond donors (Lipinski definition) is 0. The zero-order valence-electron chi connectivity index (χ0n) is 12.6. The first-order chi connectivity index (χ1) is 9.24. The lowest BCUT2D eigenvalue weighted by atomic mass is 10.1. The van der Waals surface area contributed by atoms with Crippen LogP contribution in [0.3, 0.4) is 0 Å². The van der Waals surface area contributed by atoms with Gasteiger partial charge in [-0.1, -0.05) is 0 Å². The van der Waals surface area contributed by atoms with Gasteiger partial charge in [-0.05, 0) is 51.7 Å². The van der Waals surface area contributed by atoms with Crippen molar-refractivity contribution < 1.29 is 0 Å². The SMILES string of the molecule is CCn1c(C)c(C)c2ccnc(N3CCCCC3)c21.Cl. The molecule has 3 heterocycles. The summed E-state index contributed by atoms with van der Waals surface area (Å²) in [7, 11) is 0. The number of anilines is 1. The first kappa shape index (κ1) is 15.2. The third-order valence-electron chi connectivity index (χ3n) is 4.50. The van der Waals surface area contributed by atoms with Crippen LogP contribution in [0.1, 0.15) is 37.4 Å². The van der Waals surface area contributed by atoms with Gasteiger partial charge in [0.05, 0.1) is 5.52 Å². The Kier molecular flexibility index (Phi) is 4.59. The van der Waals surface area contributed by atoms with Gasteiger partial charge < -0.3 is 9.47 Å². The molecule has 3 rings (SSSR count). The molecular weight excluding hydrogens is 270 g/mol. The van der Waals surface area contributed by atoms with E-state index in [0.717, 1.165) is 19.6 Å². The van der Waals surface area contributed by atoms with E-state index in [0.29, 0.717) is 0 Å². The second-order valence-corrected chi connectivity index (χ2v) is 5.53. The summed E-state index contributed by atoms with van der Waals surface area (Å²) in [6, 6.07) is 2.16. The van der Waals surface area contributed by atoms with Crippen molar-refractivity contribution in [2.75, 3.05) is 18.0 Å². The zero-order valence-corrected chi connectivity index (χ0v) is 13.5. The topological polar surface area (TPSA) is 21.1 Å². The summed E-state index contributed by atoms with van der Waals surface area (Å²) in [5.41, 5.74) is 4.11. The van der Waals surface area contributed by atoms with Gasteiger partial charge in [-0.3, -0.25) is 0 Å². The molecule has 0 radical (unpaired) electrons. The molecule has 0 bridgehead atoms. The summed E-state index contributed by atoms with van der Waals surface area (Å²) in [4.78, 5) is 7.17. The van der Waals surface area contributed by atoms with Gasteiger partial charge in [-0.2, -0.15) is 0 Å². The van der Waals surface area contributed by atoms with Gasteiger partial charge in [-0.25, -0.2) is 4.98 Å². The molecule has 110 valence electrons. The maximum absolute atomic E-state index is 4.70. The minimum atomic E-state index is 0. The molecule has 1 saturated heterocycles. The first-order valence-electron chi connectivity index (χ1n) is 7.43. The Morgan fingerprint density at radius 3 is 2.50 bits per heavy atom. The van der Waals surface area contributed by atoms with Crippen LogP contribution >= 0.6 is 12.4 Å². The monoisotopic (exact) mass is 293 g/mol. The number of halogens is 1. The summed E-state index contributed by atoms with van der Waals surface area (Å²) in [6.07, 6.45) is 5.92. The van der Waals surface area contributed by atoms with Crippen LogP contribution in [-0.2, 0) is 6.54 Å². The molecule has 2 aromatic rings. The molecule has 2 aromatic heterocycles. The normalized spacial score (nSPS) is 15.4. The van der Waals surface area contributed by atoms with Crippen molar-refractivity contribution in [3.8, 4) is 0 Å². The second-order valence-electron chi connectivity index (χ2n) is 5.53. The minimum absolute atomic E-state index is 0. The lowest BCUT2D eigenvalue weighted by molar-refractivity contribution is 0.573. The van der Waals surface area contributed by atoms with Crippen molar-refractivity contribution in [2.24, 2.45) is 0 Å². The predicted molar refractivity (Wildman–Crippen MR) is 88.2 cm³/mol. The maximum Gasteiger partial charge on any atom is 0.153 e. The Hall–Kier alpha value is -1.22. The van der Waals surface area contributed by atoms with Crippen LogP contribution < -0.4 is 4.90 Å². The molecule has 0 unspecified atom stereocenters. The van der Waals surface area contributed by atoms with Crippen LogP contribution in [0.4, 0.5) is 5.82 Å². The van der Waals surface area contributed by atoms with Crippen LogP contribution in [0.15, 0.2) is 12.3 Å². The van der Waals surface area contributed by atoms with Crippen LogP contribution in [0.25, 0.3) is 10.9 Å². The molecule has 0 aromatic carbocycles. The van der Waals surface area contributed by atoms with E-state index < -0.39 is 0 Å². The van der Waals surface area contributed by atoms with Crippen molar-refractivity contribution in [2.45, 2.75) is 46.6 Å². The van der Waals surface area contributed by atoms with Gasteiger partial charge >= 0.3 is 0 Å². The molecule has 3 nitrogen and oxygen atoms in total. The molecule has 20 heavy (non-hydrogen) atoms. The first-order valence-corrected chi connectivity index (χ1v) is 7.43. The average Bonchev–Trinajstić information content (AvgIpc) is 2.72. The molecule has 0 spiro atoms. The lowest BCUT2D eigenvalue weighted by Gasteiger charge is -2.28. The number of aryl methyl sites for hydroxylation is 2. The van der Waals surface area contributed by atoms with Gasteiger partial charge in [0.1, 0.15) is 0 Å². The van der Waals surface area contributed by atoms with Crippen molar-refractivity contribution >= 4 is 29.1 Å². The number of nitrogens with zero attached hydrogens (tertiary/aromatic N) is 3. The van der Waals surface area contributed by atoms with E-state index in [1.807, 2.05) is 6.20 Å². The largest absolute Gasteiger partial charge is 0.355 e. The van der Waals surface area contributed by atoms with Crippen LogP contribution in [0.5, 0.6) is 0 Å². The number of aromatic nitrogens is 2. The van der Waals surface area contributed by atoms with Gasteiger partial charge in [0, 0.05) is 36.9 Å². The Bertz CT molecular complexity index is 597. The fraction of sp³-hybridized carbons (Fsp3) is 0.562. The van der Waals surface area contributed by atoms with E-state index in [1.165, 1.54) is 47.2 Å².